The zero-order valence-electron chi connectivity index (χ0n) is 17.0. The third-order valence-electron chi connectivity index (χ3n) is 5.60. The number of phenolic OH excluding ortho intramolecular Hbond substituents is 1. The molecular formula is C22H19NO7S. The summed E-state index contributed by atoms with van der Waals surface area (Å²) in [6.07, 6.45) is 1.09. The van der Waals surface area contributed by atoms with E-state index in [1.54, 1.807) is 0 Å². The first-order chi connectivity index (χ1) is 14.7. The van der Waals surface area contributed by atoms with E-state index >= 15 is 0 Å². The van der Waals surface area contributed by atoms with Gasteiger partial charge in [-0.1, -0.05) is 6.07 Å². The first kappa shape index (κ1) is 20.8. The summed E-state index contributed by atoms with van der Waals surface area (Å²) in [6, 6.07) is 4.95. The first-order valence-electron chi connectivity index (χ1n) is 9.43. The Hall–Kier alpha value is -3.46. The van der Waals surface area contributed by atoms with Crippen LogP contribution in [0.3, 0.4) is 0 Å². The predicted molar refractivity (Wildman–Crippen MR) is 110 cm³/mol. The molecule has 1 aromatic heterocycles. The molecule has 0 spiro atoms. The second-order valence-corrected chi connectivity index (χ2v) is 8.52. The number of rotatable bonds is 5. The molecule has 0 radical (unpaired) electrons. The Labute approximate surface area is 181 Å². The Balaban J connectivity index is 1.85. The van der Waals surface area contributed by atoms with Gasteiger partial charge in [0, 0.05) is 17.0 Å². The zero-order valence-corrected chi connectivity index (χ0v) is 17.8. The molecule has 160 valence electrons. The van der Waals surface area contributed by atoms with E-state index < -0.39 is 34.6 Å². The van der Waals surface area contributed by atoms with Gasteiger partial charge in [0.2, 0.25) is 0 Å². The van der Waals surface area contributed by atoms with Crippen molar-refractivity contribution >= 4 is 34.6 Å². The number of nitrogens with one attached hydrogen (secondary N) is 1. The van der Waals surface area contributed by atoms with Crippen LogP contribution >= 0.6 is 11.3 Å². The van der Waals surface area contributed by atoms with E-state index in [1.807, 2.05) is 17.5 Å². The summed E-state index contributed by atoms with van der Waals surface area (Å²) in [4.78, 5) is 51.5. The fourth-order valence-electron chi connectivity index (χ4n) is 4.02. The lowest BCUT2D eigenvalue weighted by Gasteiger charge is -2.30. The summed E-state index contributed by atoms with van der Waals surface area (Å²) in [7, 11) is 1.33. The van der Waals surface area contributed by atoms with Gasteiger partial charge in [-0.25, -0.2) is 0 Å². The molecule has 2 aromatic rings. The van der Waals surface area contributed by atoms with Gasteiger partial charge in [0.1, 0.15) is 39.9 Å². The lowest BCUT2D eigenvalue weighted by Crippen LogP contribution is -2.47. The van der Waals surface area contributed by atoms with Crippen LogP contribution in [0.5, 0.6) is 17.2 Å². The highest BCUT2D eigenvalue weighted by Gasteiger charge is 2.58. The van der Waals surface area contributed by atoms with Gasteiger partial charge in [-0.15, -0.1) is 11.3 Å². The lowest BCUT2D eigenvalue weighted by molar-refractivity contribution is -0.140. The minimum Gasteiger partial charge on any atom is -0.507 e. The number of fused-ring (bicyclic) bond motifs is 3. The summed E-state index contributed by atoms with van der Waals surface area (Å²) in [6.45, 7) is 2.89. The Bertz CT molecular complexity index is 1170. The van der Waals surface area contributed by atoms with E-state index in [4.69, 9.17) is 9.47 Å². The van der Waals surface area contributed by atoms with Crippen LogP contribution in [0.4, 0.5) is 0 Å². The molecule has 2 atom stereocenters. The number of amides is 1. The highest BCUT2D eigenvalue weighted by Crippen LogP contribution is 2.56. The van der Waals surface area contributed by atoms with Gasteiger partial charge < -0.3 is 19.9 Å². The molecule has 2 aliphatic rings. The number of allylic oxidation sites excluding steroid dienone is 2. The maximum absolute atomic E-state index is 13.2. The van der Waals surface area contributed by atoms with Crippen LogP contribution in [-0.2, 0) is 26.3 Å². The molecule has 9 heteroatoms. The second kappa shape index (κ2) is 7.35. The zero-order chi connectivity index (χ0) is 22.5. The highest BCUT2D eigenvalue weighted by atomic mass is 32.1. The number of benzene rings is 1. The summed E-state index contributed by atoms with van der Waals surface area (Å²) < 4.78 is 11.1. The molecule has 0 fully saturated rings. The molecule has 0 saturated carbocycles. The van der Waals surface area contributed by atoms with Gasteiger partial charge in [-0.05, 0) is 25.3 Å². The van der Waals surface area contributed by atoms with Crippen molar-refractivity contribution in [2.24, 2.45) is 5.92 Å². The highest BCUT2D eigenvalue weighted by molar-refractivity contribution is 7.09. The largest absolute Gasteiger partial charge is 0.507 e. The van der Waals surface area contributed by atoms with Gasteiger partial charge in [0.25, 0.3) is 5.91 Å². The molecule has 1 unspecified atom stereocenters. The minimum atomic E-state index is -1.58. The number of methoxy groups -OCH3 is 1. The van der Waals surface area contributed by atoms with Crippen LogP contribution in [0.25, 0.3) is 0 Å². The molecule has 1 amide bonds. The molecule has 0 bridgehead atoms. The Kier molecular flexibility index (Phi) is 4.93. The number of phenols is 1. The molecule has 1 aliphatic carbocycles. The Morgan fingerprint density at radius 3 is 2.71 bits per heavy atom. The molecule has 4 rings (SSSR count). The molecule has 1 aromatic carbocycles. The number of ether oxygens (including phenoxy) is 2. The van der Waals surface area contributed by atoms with E-state index in [0.717, 1.165) is 17.9 Å². The number of aromatic hydroxyl groups is 1. The van der Waals surface area contributed by atoms with Crippen molar-refractivity contribution in [1.29, 1.82) is 0 Å². The van der Waals surface area contributed by atoms with Crippen molar-refractivity contribution in [3.8, 4) is 17.2 Å². The number of Topliss-reactive ketones (excluding diaryl/α,β-unsaturated/α-hetero) is 2. The van der Waals surface area contributed by atoms with Gasteiger partial charge in [0.15, 0.2) is 17.3 Å². The van der Waals surface area contributed by atoms with Crippen LogP contribution in [0.1, 0.15) is 34.6 Å². The van der Waals surface area contributed by atoms with Crippen LogP contribution in [-0.4, -0.2) is 35.5 Å². The Morgan fingerprint density at radius 2 is 2.10 bits per heavy atom. The number of carbonyl (C=O) groups excluding carboxylic acids is 4. The molecule has 2 N–H and O–H groups in total. The second-order valence-electron chi connectivity index (χ2n) is 7.49. The number of hydrogen-bond donors (Lipinski definition) is 2. The number of hydrogen-bond acceptors (Lipinski definition) is 8. The number of thiophene rings is 1. The normalized spacial score (nSPS) is 21.6. The minimum absolute atomic E-state index is 0.0111. The molecular weight excluding hydrogens is 422 g/mol. The maximum Gasteiger partial charge on any atom is 0.259 e. The molecule has 0 saturated heterocycles. The topological polar surface area (TPSA) is 119 Å². The summed E-state index contributed by atoms with van der Waals surface area (Å²) in [5.41, 5.74) is -1.56. The standard InChI is InChI=1S/C22H19NO7S/c1-10(24)16-12(25)8-15-22(2,20(16)27)18-13(26)7-14(29-3)17(19(18)30-15)21(28)23-9-11-5-4-6-31-11/h4-8,16,26H,9H2,1-3H3,(H,23,28)/t16?,22-/m1/s1. The lowest BCUT2D eigenvalue weighted by atomic mass is 9.67. The molecule has 8 nitrogen and oxygen atoms in total. The van der Waals surface area contributed by atoms with E-state index in [1.165, 1.54) is 31.4 Å². The van der Waals surface area contributed by atoms with Crippen molar-refractivity contribution in [1.82, 2.24) is 5.32 Å². The van der Waals surface area contributed by atoms with Crippen molar-refractivity contribution in [2.75, 3.05) is 7.11 Å². The van der Waals surface area contributed by atoms with Gasteiger partial charge in [-0.3, -0.25) is 19.2 Å². The summed E-state index contributed by atoms with van der Waals surface area (Å²) in [5, 5.41) is 15.4. The van der Waals surface area contributed by atoms with Crippen molar-refractivity contribution in [2.45, 2.75) is 25.8 Å². The van der Waals surface area contributed by atoms with Crippen molar-refractivity contribution < 1.29 is 33.8 Å². The van der Waals surface area contributed by atoms with Gasteiger partial charge in [-0.2, -0.15) is 0 Å². The summed E-state index contributed by atoms with van der Waals surface area (Å²) in [5.74, 6) is -4.40. The van der Waals surface area contributed by atoms with E-state index in [9.17, 15) is 24.3 Å². The van der Waals surface area contributed by atoms with E-state index in [-0.39, 0.29) is 40.7 Å². The monoisotopic (exact) mass is 441 g/mol. The average Bonchev–Trinajstić information content (AvgIpc) is 3.32. The predicted octanol–water partition coefficient (Wildman–Crippen LogP) is 2.28. The molecule has 1 aliphatic heterocycles. The molecule has 31 heavy (non-hydrogen) atoms. The number of carbonyl (C=O) groups is 4. The van der Waals surface area contributed by atoms with Crippen LogP contribution in [0, 0.1) is 5.92 Å². The van der Waals surface area contributed by atoms with Gasteiger partial charge >= 0.3 is 0 Å². The third kappa shape index (κ3) is 3.04. The smallest absolute Gasteiger partial charge is 0.259 e. The van der Waals surface area contributed by atoms with Crippen LogP contribution < -0.4 is 14.8 Å². The quantitative estimate of drug-likeness (QED) is 0.683. The summed E-state index contributed by atoms with van der Waals surface area (Å²) >= 11 is 1.48. The Morgan fingerprint density at radius 1 is 1.35 bits per heavy atom. The van der Waals surface area contributed by atoms with Gasteiger partial charge in [0.05, 0.1) is 19.2 Å². The fraction of sp³-hybridized carbons (Fsp3) is 0.273. The van der Waals surface area contributed by atoms with Crippen LogP contribution in [0.2, 0.25) is 0 Å². The van der Waals surface area contributed by atoms with E-state index in [0.29, 0.717) is 0 Å². The van der Waals surface area contributed by atoms with Crippen molar-refractivity contribution in [3.63, 3.8) is 0 Å². The van der Waals surface area contributed by atoms with Crippen LogP contribution in [0.15, 0.2) is 35.4 Å². The molecule has 2 heterocycles. The number of ketones is 3. The fourth-order valence-corrected chi connectivity index (χ4v) is 4.67. The maximum atomic E-state index is 13.2. The SMILES string of the molecule is COc1cc(O)c2c(c1C(=O)NCc1cccs1)OC1=CC(=O)C(C(C)=O)C(=O)[C@]12C. The van der Waals surface area contributed by atoms with Crippen molar-refractivity contribution in [3.05, 3.63) is 51.4 Å². The average molecular weight is 441 g/mol. The third-order valence-corrected chi connectivity index (χ3v) is 6.48. The first-order valence-corrected chi connectivity index (χ1v) is 10.3. The van der Waals surface area contributed by atoms with E-state index in [2.05, 4.69) is 5.32 Å².